The van der Waals surface area contributed by atoms with E-state index in [9.17, 15) is 4.79 Å². The molecule has 5 aromatic rings. The second-order valence-corrected chi connectivity index (χ2v) is 9.50. The molecule has 0 fully saturated rings. The van der Waals surface area contributed by atoms with E-state index >= 15 is 0 Å². The fraction of sp³-hybridized carbons (Fsp3) is 0.0645. The minimum absolute atomic E-state index is 0.288. The van der Waals surface area contributed by atoms with Gasteiger partial charge in [0.05, 0.1) is 5.56 Å². The first-order valence-electron chi connectivity index (χ1n) is 11.5. The molecule has 4 heteroatoms. The van der Waals surface area contributed by atoms with Gasteiger partial charge in [-0.1, -0.05) is 78.9 Å². The molecular formula is C31H22O3S. The van der Waals surface area contributed by atoms with E-state index in [1.807, 2.05) is 84.2 Å². The molecule has 0 radical (unpaired) electrons. The van der Waals surface area contributed by atoms with Gasteiger partial charge in [-0.2, -0.15) is 0 Å². The summed E-state index contributed by atoms with van der Waals surface area (Å²) in [7, 11) is 0. The Morgan fingerprint density at radius 2 is 1.57 bits per heavy atom. The lowest BCUT2D eigenvalue weighted by Crippen LogP contribution is -2.34. The number of rotatable bonds is 5. The molecule has 0 saturated heterocycles. The van der Waals surface area contributed by atoms with Crippen LogP contribution in [0.25, 0.3) is 16.8 Å². The normalized spacial score (nSPS) is 13.7. The average molecular weight is 475 g/mol. The monoisotopic (exact) mass is 474 g/mol. The van der Waals surface area contributed by atoms with Crippen LogP contribution in [-0.2, 0) is 16.9 Å². The molecule has 0 spiro atoms. The number of thiophene rings is 1. The smallest absolute Gasteiger partial charge is 0.338 e. The van der Waals surface area contributed by atoms with Gasteiger partial charge in [0.15, 0.2) is 5.60 Å². The Balaban J connectivity index is 1.36. The standard InChI is InChI=1S/C31H22O3S/c32-30(33-21-26-12-7-19-35-26)23-13-15-27-22(20-23)14-16-29-28(27)17-18-31(34-29,24-8-3-1-4-9-24)25-10-5-2-6-11-25/h1-20H,21H2. The molecule has 0 saturated carbocycles. The topological polar surface area (TPSA) is 35.5 Å². The minimum Gasteiger partial charge on any atom is -0.473 e. The molecule has 1 aliphatic rings. The number of benzene rings is 4. The van der Waals surface area contributed by atoms with Crippen LogP contribution < -0.4 is 4.74 Å². The molecule has 2 heterocycles. The highest BCUT2D eigenvalue weighted by molar-refractivity contribution is 7.09. The Labute approximate surface area is 207 Å². The van der Waals surface area contributed by atoms with Crippen LogP contribution in [0.2, 0.25) is 0 Å². The van der Waals surface area contributed by atoms with Gasteiger partial charge in [-0.3, -0.25) is 0 Å². The number of hydrogen-bond acceptors (Lipinski definition) is 4. The quantitative estimate of drug-likeness (QED) is 0.246. The molecule has 0 bridgehead atoms. The van der Waals surface area contributed by atoms with Crippen molar-refractivity contribution in [1.82, 2.24) is 0 Å². The van der Waals surface area contributed by atoms with E-state index in [0.717, 1.165) is 38.1 Å². The van der Waals surface area contributed by atoms with Gasteiger partial charge in [0.1, 0.15) is 12.4 Å². The van der Waals surface area contributed by atoms with Crippen molar-refractivity contribution >= 4 is 34.2 Å². The molecule has 0 aliphatic carbocycles. The molecule has 4 aromatic carbocycles. The Bertz CT molecular complexity index is 1480. The summed E-state index contributed by atoms with van der Waals surface area (Å²) in [6.45, 7) is 0.288. The largest absolute Gasteiger partial charge is 0.473 e. The number of carbonyl (C=O) groups is 1. The van der Waals surface area contributed by atoms with Crippen molar-refractivity contribution < 1.29 is 14.3 Å². The zero-order valence-electron chi connectivity index (χ0n) is 18.9. The molecule has 6 rings (SSSR count). The van der Waals surface area contributed by atoms with E-state index in [0.29, 0.717) is 5.56 Å². The summed E-state index contributed by atoms with van der Waals surface area (Å²) in [6.07, 6.45) is 4.26. The molecular weight excluding hydrogens is 452 g/mol. The van der Waals surface area contributed by atoms with Gasteiger partial charge in [-0.15, -0.1) is 11.3 Å². The van der Waals surface area contributed by atoms with Gasteiger partial charge in [0, 0.05) is 21.6 Å². The van der Waals surface area contributed by atoms with Crippen molar-refractivity contribution in [3.05, 3.63) is 142 Å². The third-order valence-electron chi connectivity index (χ3n) is 6.34. The van der Waals surface area contributed by atoms with Crippen molar-refractivity contribution in [3.8, 4) is 5.75 Å². The van der Waals surface area contributed by atoms with Crippen LogP contribution in [0.3, 0.4) is 0 Å². The molecule has 3 nitrogen and oxygen atoms in total. The highest BCUT2D eigenvalue weighted by atomic mass is 32.1. The summed E-state index contributed by atoms with van der Waals surface area (Å²) in [5, 5.41) is 3.97. The Kier molecular flexibility index (Phi) is 5.44. The van der Waals surface area contributed by atoms with E-state index < -0.39 is 5.60 Å². The first-order chi connectivity index (χ1) is 17.2. The molecule has 1 aromatic heterocycles. The van der Waals surface area contributed by atoms with Crippen molar-refractivity contribution in [3.63, 3.8) is 0 Å². The van der Waals surface area contributed by atoms with Gasteiger partial charge < -0.3 is 9.47 Å². The highest BCUT2D eigenvalue weighted by Gasteiger charge is 2.37. The lowest BCUT2D eigenvalue weighted by atomic mass is 9.83. The number of hydrogen-bond donors (Lipinski definition) is 0. The van der Waals surface area contributed by atoms with E-state index in [1.165, 1.54) is 0 Å². The van der Waals surface area contributed by atoms with Crippen LogP contribution in [0.4, 0.5) is 0 Å². The van der Waals surface area contributed by atoms with E-state index in [2.05, 4.69) is 36.4 Å². The molecule has 0 N–H and O–H groups in total. The van der Waals surface area contributed by atoms with E-state index in [1.54, 1.807) is 11.3 Å². The average Bonchev–Trinajstić information content (AvgIpc) is 3.46. The zero-order valence-corrected chi connectivity index (χ0v) is 19.7. The second-order valence-electron chi connectivity index (χ2n) is 8.47. The third kappa shape index (κ3) is 3.92. The van der Waals surface area contributed by atoms with Crippen LogP contribution in [0.1, 0.15) is 31.9 Å². The van der Waals surface area contributed by atoms with Crippen LogP contribution in [0, 0.1) is 0 Å². The minimum atomic E-state index is -0.714. The van der Waals surface area contributed by atoms with Crippen LogP contribution in [0.15, 0.2) is 115 Å². The van der Waals surface area contributed by atoms with Crippen LogP contribution in [-0.4, -0.2) is 5.97 Å². The summed E-state index contributed by atoms with van der Waals surface area (Å²) < 4.78 is 12.3. The van der Waals surface area contributed by atoms with E-state index in [4.69, 9.17) is 9.47 Å². The Morgan fingerprint density at radius 1 is 0.829 bits per heavy atom. The molecule has 0 amide bonds. The first kappa shape index (κ1) is 21.4. The SMILES string of the molecule is O=C(OCc1cccs1)c1ccc2c3c(ccc2c1)OC(c1ccccc1)(c1ccccc1)C=C3. The van der Waals surface area contributed by atoms with Gasteiger partial charge in [-0.05, 0) is 52.6 Å². The van der Waals surface area contributed by atoms with Crippen molar-refractivity contribution in [2.45, 2.75) is 12.2 Å². The van der Waals surface area contributed by atoms with Crippen LogP contribution >= 0.6 is 11.3 Å². The van der Waals surface area contributed by atoms with Gasteiger partial charge in [-0.25, -0.2) is 4.79 Å². The Morgan fingerprint density at radius 3 is 2.26 bits per heavy atom. The predicted molar refractivity (Wildman–Crippen MR) is 141 cm³/mol. The lowest BCUT2D eigenvalue weighted by Gasteiger charge is -2.36. The molecule has 0 unspecified atom stereocenters. The van der Waals surface area contributed by atoms with Crippen molar-refractivity contribution in [2.24, 2.45) is 0 Å². The van der Waals surface area contributed by atoms with E-state index in [-0.39, 0.29) is 12.6 Å². The fourth-order valence-corrected chi connectivity index (χ4v) is 5.21. The summed E-state index contributed by atoms with van der Waals surface area (Å²) in [5.74, 6) is 0.484. The van der Waals surface area contributed by atoms with Crippen LogP contribution in [0.5, 0.6) is 5.75 Å². The maximum atomic E-state index is 12.6. The number of carbonyl (C=O) groups excluding carboxylic acids is 1. The predicted octanol–water partition coefficient (Wildman–Crippen LogP) is 7.61. The van der Waals surface area contributed by atoms with Gasteiger partial charge in [0.25, 0.3) is 0 Å². The number of ether oxygens (including phenoxy) is 2. The number of esters is 1. The number of fused-ring (bicyclic) bond motifs is 3. The summed E-state index contributed by atoms with van der Waals surface area (Å²) in [4.78, 5) is 13.6. The summed E-state index contributed by atoms with van der Waals surface area (Å²) >= 11 is 1.58. The zero-order chi connectivity index (χ0) is 23.7. The maximum Gasteiger partial charge on any atom is 0.338 e. The third-order valence-corrected chi connectivity index (χ3v) is 7.19. The summed E-state index contributed by atoms with van der Waals surface area (Å²) in [5.41, 5.74) is 2.96. The molecule has 170 valence electrons. The Hall–Kier alpha value is -4.15. The summed E-state index contributed by atoms with van der Waals surface area (Å²) in [6, 6.07) is 34.1. The fourth-order valence-electron chi connectivity index (χ4n) is 4.59. The molecule has 35 heavy (non-hydrogen) atoms. The molecule has 0 atom stereocenters. The highest BCUT2D eigenvalue weighted by Crippen LogP contribution is 2.44. The first-order valence-corrected chi connectivity index (χ1v) is 12.4. The van der Waals surface area contributed by atoms with Gasteiger partial charge in [0.2, 0.25) is 0 Å². The second kappa shape index (κ2) is 8.90. The van der Waals surface area contributed by atoms with Gasteiger partial charge >= 0.3 is 5.97 Å². The molecule has 1 aliphatic heterocycles. The van der Waals surface area contributed by atoms with Crippen molar-refractivity contribution in [2.75, 3.05) is 0 Å². The lowest BCUT2D eigenvalue weighted by molar-refractivity contribution is 0.0477. The maximum absolute atomic E-state index is 12.6. The van der Waals surface area contributed by atoms with Crippen molar-refractivity contribution in [1.29, 1.82) is 0 Å².